The molecule has 218 valence electrons. The van der Waals surface area contributed by atoms with Crippen molar-refractivity contribution in [2.24, 2.45) is 41.5 Å². The van der Waals surface area contributed by atoms with Gasteiger partial charge in [-0.3, -0.25) is 9.48 Å². The third-order valence-corrected chi connectivity index (χ3v) is 12.6. The van der Waals surface area contributed by atoms with E-state index in [2.05, 4.69) is 62.2 Å². The highest BCUT2D eigenvalue weighted by Crippen LogP contribution is 2.66. The predicted molar refractivity (Wildman–Crippen MR) is 165 cm³/mol. The number of aromatic nitrogens is 4. The molecule has 1 aromatic carbocycles. The first-order valence-corrected chi connectivity index (χ1v) is 16.4. The van der Waals surface area contributed by atoms with E-state index in [9.17, 15) is 9.90 Å². The number of allylic oxidation sites excluding steroid dienone is 1. The van der Waals surface area contributed by atoms with Gasteiger partial charge in [-0.2, -0.15) is 5.10 Å². The Morgan fingerprint density at radius 2 is 1.95 bits per heavy atom. The summed E-state index contributed by atoms with van der Waals surface area (Å²) in [4.78, 5) is 18.6. The van der Waals surface area contributed by atoms with Crippen molar-refractivity contribution in [3.63, 3.8) is 0 Å². The van der Waals surface area contributed by atoms with Crippen molar-refractivity contribution in [3.05, 3.63) is 47.3 Å². The zero-order valence-electron chi connectivity index (χ0n) is 25.4. The van der Waals surface area contributed by atoms with Crippen LogP contribution in [0.15, 0.2) is 41.2 Å². The summed E-state index contributed by atoms with van der Waals surface area (Å²) < 4.78 is 4.27. The van der Waals surface area contributed by atoms with E-state index in [1.54, 1.807) is 11.8 Å². The number of hydrogen-bond acceptors (Lipinski definition) is 5. The van der Waals surface area contributed by atoms with Crippen LogP contribution in [0.5, 0.6) is 0 Å². The molecule has 2 heterocycles. The average molecular weight is 573 g/mol. The number of aliphatic hydroxyl groups is 1. The summed E-state index contributed by atoms with van der Waals surface area (Å²) in [5.74, 6) is 1.96. The number of hydrogen-bond donors (Lipinski definition) is 1. The summed E-state index contributed by atoms with van der Waals surface area (Å²) in [7, 11) is 2.03. The summed E-state index contributed by atoms with van der Waals surface area (Å²) in [5.41, 5.74) is 5.86. The Hall–Kier alpha value is -2.38. The monoisotopic (exact) mass is 572 g/mol. The maximum absolute atomic E-state index is 13.8. The summed E-state index contributed by atoms with van der Waals surface area (Å²) in [6.45, 7) is 11.4. The smallest absolute Gasteiger partial charge is 0.169 e. The largest absolute Gasteiger partial charge is 0.393 e. The van der Waals surface area contributed by atoms with E-state index in [1.165, 1.54) is 16.8 Å². The van der Waals surface area contributed by atoms with Crippen molar-refractivity contribution in [2.45, 2.75) is 89.9 Å². The Morgan fingerprint density at radius 1 is 1.17 bits per heavy atom. The van der Waals surface area contributed by atoms with Gasteiger partial charge in [0.25, 0.3) is 0 Å². The van der Waals surface area contributed by atoms with Crippen molar-refractivity contribution < 1.29 is 9.90 Å². The van der Waals surface area contributed by atoms with E-state index in [0.717, 1.165) is 54.7 Å². The molecule has 3 saturated carbocycles. The number of carbonyl (C=O) groups is 1. The number of rotatable bonds is 4. The zero-order chi connectivity index (χ0) is 28.9. The number of aryl methyl sites for hydroxylation is 1. The Bertz CT molecular complexity index is 1560. The van der Waals surface area contributed by atoms with E-state index in [1.807, 2.05) is 25.2 Å². The predicted octanol–water partition coefficient (Wildman–Crippen LogP) is 6.66. The molecule has 0 spiro atoms. The molecule has 0 bridgehead atoms. The molecule has 7 atom stereocenters. The van der Waals surface area contributed by atoms with Crippen molar-refractivity contribution in [1.82, 2.24) is 19.3 Å². The molecule has 41 heavy (non-hydrogen) atoms. The molecule has 0 saturated heterocycles. The molecule has 1 N–H and O–H groups in total. The first-order chi connectivity index (χ1) is 19.4. The molecule has 7 rings (SSSR count). The molecule has 2 aromatic heterocycles. The highest BCUT2D eigenvalue weighted by Gasteiger charge is 2.63. The minimum absolute atomic E-state index is 0.0120. The number of thioether (sulfide) groups is 1. The minimum Gasteiger partial charge on any atom is -0.393 e. The summed E-state index contributed by atoms with van der Waals surface area (Å²) >= 11 is 1.57. The molecule has 0 amide bonds. The van der Waals surface area contributed by atoms with Gasteiger partial charge < -0.3 is 9.67 Å². The van der Waals surface area contributed by atoms with Gasteiger partial charge in [-0.1, -0.05) is 43.3 Å². The third kappa shape index (κ3) is 4.05. The van der Waals surface area contributed by atoms with Gasteiger partial charge in [0.2, 0.25) is 0 Å². The van der Waals surface area contributed by atoms with Crippen LogP contribution in [0, 0.1) is 34.5 Å². The van der Waals surface area contributed by atoms with Crippen molar-refractivity contribution in [2.75, 3.05) is 5.75 Å². The lowest BCUT2D eigenvalue weighted by molar-refractivity contribution is -0.140. The van der Waals surface area contributed by atoms with Gasteiger partial charge in [0, 0.05) is 13.0 Å². The normalized spacial score (nSPS) is 34.5. The number of nitrogens with zero attached hydrogens (tertiary/aromatic N) is 4. The van der Waals surface area contributed by atoms with Gasteiger partial charge in [0.05, 0.1) is 40.3 Å². The summed E-state index contributed by atoms with van der Waals surface area (Å²) in [5, 5.41) is 17.6. The van der Waals surface area contributed by atoms with Crippen molar-refractivity contribution in [1.29, 1.82) is 0 Å². The number of aliphatic hydroxyl groups excluding tert-OH is 1. The van der Waals surface area contributed by atoms with Gasteiger partial charge in [-0.25, -0.2) is 4.98 Å². The molecule has 6 nitrogen and oxygen atoms in total. The van der Waals surface area contributed by atoms with E-state index in [4.69, 9.17) is 10.1 Å². The van der Waals surface area contributed by atoms with E-state index in [0.29, 0.717) is 23.4 Å². The Balaban J connectivity index is 1.12. The first kappa shape index (κ1) is 27.5. The number of imidazole rings is 1. The van der Waals surface area contributed by atoms with Crippen LogP contribution in [0.3, 0.4) is 0 Å². The summed E-state index contributed by atoms with van der Waals surface area (Å²) in [6.07, 6.45) is 9.98. The number of para-hydroxylation sites is 2. The molecule has 7 heteroatoms. The fourth-order valence-electron chi connectivity index (χ4n) is 9.74. The van der Waals surface area contributed by atoms with Crippen molar-refractivity contribution >= 4 is 34.7 Å². The molecular formula is C34H44N4O2S. The second-order valence-corrected chi connectivity index (χ2v) is 15.8. The van der Waals surface area contributed by atoms with Gasteiger partial charge in [-0.05, 0) is 112 Å². The molecular weight excluding hydrogens is 528 g/mol. The maximum atomic E-state index is 13.8. The highest BCUT2D eigenvalue weighted by atomic mass is 32.2. The standard InChI is InChI=1S/C34H44N4O2S/c1-32(2,3)38-27-15-21-11-12-22-23-13-14-24(29(40)19-41-31-36-25-9-7-8-10-26(25)37(31)6)34(23,5)17-28(39)30(22)33(21,4)16-20(27)18-35-38/h7-10,15,18,22-24,28,30,39H,11-14,16-17,19H2,1-6H3. The highest BCUT2D eigenvalue weighted by molar-refractivity contribution is 7.99. The molecule has 3 aromatic rings. The van der Waals surface area contributed by atoms with Crippen molar-refractivity contribution in [3.8, 4) is 0 Å². The second kappa shape index (κ2) is 9.31. The van der Waals surface area contributed by atoms with Crippen LogP contribution in [0.4, 0.5) is 0 Å². The number of ketones is 1. The van der Waals surface area contributed by atoms with Crippen LogP contribution in [0.2, 0.25) is 0 Å². The van der Waals surface area contributed by atoms with Crippen LogP contribution in [-0.4, -0.2) is 42.1 Å². The lowest BCUT2D eigenvalue weighted by atomic mass is 9.46. The van der Waals surface area contributed by atoms with Gasteiger partial charge >= 0.3 is 0 Å². The van der Waals surface area contributed by atoms with E-state index in [-0.39, 0.29) is 28.2 Å². The molecule has 4 aliphatic rings. The molecule has 3 fully saturated rings. The molecule has 4 aliphatic carbocycles. The van der Waals surface area contributed by atoms with Gasteiger partial charge in [0.15, 0.2) is 5.16 Å². The zero-order valence-corrected chi connectivity index (χ0v) is 26.2. The average Bonchev–Trinajstić information content (AvgIpc) is 3.58. The fourth-order valence-corrected chi connectivity index (χ4v) is 10.7. The van der Waals surface area contributed by atoms with Crippen LogP contribution in [0.25, 0.3) is 17.1 Å². The van der Waals surface area contributed by atoms with Crippen LogP contribution < -0.4 is 0 Å². The number of carbonyl (C=O) groups excluding carboxylic acids is 1. The number of fused-ring (bicyclic) bond motifs is 7. The minimum atomic E-state index is -0.393. The quantitative estimate of drug-likeness (QED) is 0.354. The topological polar surface area (TPSA) is 72.9 Å². The summed E-state index contributed by atoms with van der Waals surface area (Å²) in [6, 6.07) is 8.14. The lowest BCUT2D eigenvalue weighted by Crippen LogP contribution is -2.57. The van der Waals surface area contributed by atoms with Gasteiger partial charge in [-0.15, -0.1) is 0 Å². The Morgan fingerprint density at radius 3 is 2.71 bits per heavy atom. The van der Waals surface area contributed by atoms with Gasteiger partial charge in [0.1, 0.15) is 5.78 Å². The number of Topliss-reactive ketones (excluding diaryl/α,β-unsaturated/α-hetero) is 1. The molecule has 0 aliphatic heterocycles. The van der Waals surface area contributed by atoms with E-state index < -0.39 is 6.10 Å². The Kier molecular flexibility index (Phi) is 6.23. The third-order valence-electron chi connectivity index (χ3n) is 11.5. The second-order valence-electron chi connectivity index (χ2n) is 14.8. The lowest BCUT2D eigenvalue weighted by Gasteiger charge is -2.59. The van der Waals surface area contributed by atoms with Crippen LogP contribution in [0.1, 0.15) is 78.0 Å². The number of benzene rings is 1. The first-order valence-electron chi connectivity index (χ1n) is 15.5. The maximum Gasteiger partial charge on any atom is 0.169 e. The molecule has 0 radical (unpaired) electrons. The Labute approximate surface area is 248 Å². The van der Waals surface area contributed by atoms with Crippen LogP contribution in [-0.2, 0) is 23.8 Å². The van der Waals surface area contributed by atoms with E-state index >= 15 is 0 Å². The van der Waals surface area contributed by atoms with Crippen LogP contribution >= 0.6 is 11.8 Å². The molecule has 7 unspecified atom stereocenters. The fraction of sp³-hybridized carbons (Fsp3) is 0.618. The SMILES string of the molecule is Cn1c(SCC(=O)C2CCC3C4CCC5=Cc6c(cnn6C(C)(C)C)CC5(C)C4C(O)CC23C)nc2ccccc21.